The highest BCUT2D eigenvalue weighted by molar-refractivity contribution is 6.35. The summed E-state index contributed by atoms with van der Waals surface area (Å²) in [4.78, 5) is 25.8. The first-order valence-corrected chi connectivity index (χ1v) is 11.0. The molecule has 0 unspecified atom stereocenters. The highest BCUT2D eigenvalue weighted by Gasteiger charge is 2.48. The van der Waals surface area contributed by atoms with Crippen LogP contribution in [-0.4, -0.2) is 41.6 Å². The SMILES string of the molecule is CC(C)(C)OC(=O)N1CC(F)(c2ccc(C(=O)/C=C(/c3cc(Cl)c(F)c(Cl)c3)C(F)(F)F)cc2)C1. The summed E-state index contributed by atoms with van der Waals surface area (Å²) < 4.78 is 74.9. The molecule has 11 heteroatoms. The number of amides is 1. The molecule has 3 rings (SSSR count). The molecule has 1 aliphatic heterocycles. The molecule has 1 aliphatic rings. The zero-order valence-corrected chi connectivity index (χ0v) is 20.3. The first-order chi connectivity index (χ1) is 16.0. The highest BCUT2D eigenvalue weighted by Crippen LogP contribution is 2.39. The van der Waals surface area contributed by atoms with Gasteiger partial charge in [-0.15, -0.1) is 0 Å². The number of alkyl halides is 4. The first-order valence-electron chi connectivity index (χ1n) is 10.3. The summed E-state index contributed by atoms with van der Waals surface area (Å²) >= 11 is 11.2. The van der Waals surface area contributed by atoms with Crippen LogP contribution in [0.2, 0.25) is 10.0 Å². The van der Waals surface area contributed by atoms with Crippen LogP contribution < -0.4 is 0 Å². The summed E-state index contributed by atoms with van der Waals surface area (Å²) in [5, 5.41) is -1.26. The quantitative estimate of drug-likeness (QED) is 0.177. The molecular formula is C24H20Cl2F5NO3. The van der Waals surface area contributed by atoms with Crippen LogP contribution in [0.3, 0.4) is 0 Å². The molecule has 0 N–H and O–H groups in total. The van der Waals surface area contributed by atoms with Crippen LogP contribution in [0.25, 0.3) is 5.57 Å². The van der Waals surface area contributed by atoms with Gasteiger partial charge in [-0.25, -0.2) is 13.6 Å². The van der Waals surface area contributed by atoms with Gasteiger partial charge in [0.1, 0.15) is 5.60 Å². The van der Waals surface area contributed by atoms with E-state index < -0.39 is 56.3 Å². The molecule has 0 spiro atoms. The molecule has 1 fully saturated rings. The molecule has 1 saturated heterocycles. The molecule has 0 saturated carbocycles. The number of rotatable bonds is 4. The van der Waals surface area contributed by atoms with Crippen molar-refractivity contribution in [3.05, 3.63) is 75.0 Å². The fourth-order valence-corrected chi connectivity index (χ4v) is 3.87. The third-order valence-corrected chi connectivity index (χ3v) is 5.65. The van der Waals surface area contributed by atoms with E-state index in [9.17, 15) is 27.2 Å². The van der Waals surface area contributed by atoms with Crippen LogP contribution in [-0.2, 0) is 10.4 Å². The molecule has 188 valence electrons. The molecule has 4 nitrogen and oxygen atoms in total. The minimum Gasteiger partial charge on any atom is -0.444 e. The second-order valence-electron chi connectivity index (χ2n) is 9.05. The monoisotopic (exact) mass is 535 g/mol. The molecule has 1 heterocycles. The smallest absolute Gasteiger partial charge is 0.417 e. The van der Waals surface area contributed by atoms with E-state index in [-0.39, 0.29) is 24.2 Å². The molecular weight excluding hydrogens is 516 g/mol. The minimum atomic E-state index is -4.97. The predicted octanol–water partition coefficient (Wildman–Crippen LogP) is 7.38. The van der Waals surface area contributed by atoms with Crippen molar-refractivity contribution in [1.29, 1.82) is 0 Å². The lowest BCUT2D eigenvalue weighted by Crippen LogP contribution is -2.59. The Hall–Kier alpha value is -2.65. The summed E-state index contributed by atoms with van der Waals surface area (Å²) in [6, 6.07) is 6.35. The zero-order chi connectivity index (χ0) is 26.3. The molecule has 2 aromatic carbocycles. The maximum Gasteiger partial charge on any atom is 0.417 e. The number of hydrogen-bond acceptors (Lipinski definition) is 3. The summed E-state index contributed by atoms with van der Waals surface area (Å²) in [6.07, 6.45) is -5.29. The van der Waals surface area contributed by atoms with Crippen molar-refractivity contribution in [3.63, 3.8) is 0 Å². The van der Waals surface area contributed by atoms with E-state index in [1.54, 1.807) is 20.8 Å². The highest BCUT2D eigenvalue weighted by atomic mass is 35.5. The van der Waals surface area contributed by atoms with Gasteiger partial charge in [-0.2, -0.15) is 13.2 Å². The number of hydrogen-bond donors (Lipinski definition) is 0. The number of ketones is 1. The number of halogens is 7. The Kier molecular flexibility index (Phi) is 7.26. The van der Waals surface area contributed by atoms with Crippen LogP contribution >= 0.6 is 23.2 Å². The Labute approximate surface area is 208 Å². The van der Waals surface area contributed by atoms with Crippen molar-refractivity contribution in [3.8, 4) is 0 Å². The first kappa shape index (κ1) is 26.9. The van der Waals surface area contributed by atoms with Crippen molar-refractivity contribution < 1.29 is 36.3 Å². The number of carbonyl (C=O) groups excluding carboxylic acids is 2. The van der Waals surface area contributed by atoms with Gasteiger partial charge < -0.3 is 9.64 Å². The van der Waals surface area contributed by atoms with Gasteiger partial charge in [-0.05, 0) is 50.1 Å². The van der Waals surface area contributed by atoms with E-state index >= 15 is 4.39 Å². The summed E-state index contributed by atoms with van der Waals surface area (Å²) in [6.45, 7) is 4.52. The maximum absolute atomic E-state index is 15.2. The largest absolute Gasteiger partial charge is 0.444 e. The third-order valence-electron chi connectivity index (χ3n) is 5.10. The minimum absolute atomic E-state index is 0.137. The lowest BCUT2D eigenvalue weighted by atomic mass is 9.87. The van der Waals surface area contributed by atoms with Crippen LogP contribution in [0, 0.1) is 5.82 Å². The van der Waals surface area contributed by atoms with Gasteiger partial charge in [0.15, 0.2) is 17.3 Å². The molecule has 0 atom stereocenters. The van der Waals surface area contributed by atoms with E-state index in [2.05, 4.69) is 0 Å². The Bertz CT molecular complexity index is 1160. The molecule has 0 bridgehead atoms. The Morgan fingerprint density at radius 3 is 1.97 bits per heavy atom. The van der Waals surface area contributed by atoms with E-state index in [1.165, 1.54) is 29.2 Å². The van der Waals surface area contributed by atoms with Gasteiger partial charge in [0, 0.05) is 5.56 Å². The van der Waals surface area contributed by atoms with Gasteiger partial charge in [0.2, 0.25) is 0 Å². The van der Waals surface area contributed by atoms with E-state index in [1.807, 2.05) is 0 Å². The Morgan fingerprint density at radius 1 is 1.00 bits per heavy atom. The third kappa shape index (κ3) is 6.13. The van der Waals surface area contributed by atoms with Gasteiger partial charge >= 0.3 is 12.3 Å². The van der Waals surface area contributed by atoms with Crippen molar-refractivity contribution in [2.45, 2.75) is 38.2 Å². The van der Waals surface area contributed by atoms with Crippen LogP contribution in [0.4, 0.5) is 26.7 Å². The zero-order valence-electron chi connectivity index (χ0n) is 18.8. The van der Waals surface area contributed by atoms with Crippen LogP contribution in [0.15, 0.2) is 42.5 Å². The molecule has 35 heavy (non-hydrogen) atoms. The number of ether oxygens (including phenoxy) is 1. The number of allylic oxidation sites excluding steroid dienone is 2. The molecule has 1 amide bonds. The summed E-state index contributed by atoms with van der Waals surface area (Å²) in [7, 11) is 0. The molecule has 2 aromatic rings. The molecule has 0 aromatic heterocycles. The molecule has 0 radical (unpaired) electrons. The van der Waals surface area contributed by atoms with Gasteiger partial charge in [0.05, 0.1) is 28.7 Å². The van der Waals surface area contributed by atoms with E-state index in [4.69, 9.17) is 27.9 Å². The van der Waals surface area contributed by atoms with E-state index in [0.29, 0.717) is 6.08 Å². The average molecular weight is 536 g/mol. The average Bonchev–Trinajstić information content (AvgIpc) is 2.71. The number of carbonyl (C=O) groups is 2. The van der Waals surface area contributed by atoms with Crippen molar-refractivity contribution in [1.82, 2.24) is 4.90 Å². The van der Waals surface area contributed by atoms with Gasteiger partial charge in [-0.1, -0.05) is 47.5 Å². The Balaban J connectivity index is 1.80. The lowest BCUT2D eigenvalue weighted by Gasteiger charge is -2.44. The maximum atomic E-state index is 15.2. The number of benzene rings is 2. The summed E-state index contributed by atoms with van der Waals surface area (Å²) in [5.74, 6) is -2.10. The lowest BCUT2D eigenvalue weighted by molar-refractivity contribution is -0.0690. The normalized spacial score (nSPS) is 16.1. The second-order valence-corrected chi connectivity index (χ2v) is 9.87. The van der Waals surface area contributed by atoms with Gasteiger partial charge in [-0.3, -0.25) is 4.79 Å². The van der Waals surface area contributed by atoms with Crippen LogP contribution in [0.5, 0.6) is 0 Å². The van der Waals surface area contributed by atoms with Crippen molar-refractivity contribution in [2.75, 3.05) is 13.1 Å². The van der Waals surface area contributed by atoms with Gasteiger partial charge in [0.25, 0.3) is 0 Å². The number of nitrogens with zero attached hydrogens (tertiary/aromatic N) is 1. The fourth-order valence-electron chi connectivity index (χ4n) is 3.38. The Morgan fingerprint density at radius 2 is 1.51 bits per heavy atom. The fraction of sp³-hybridized carbons (Fsp3) is 0.333. The predicted molar refractivity (Wildman–Crippen MR) is 122 cm³/mol. The topological polar surface area (TPSA) is 46.6 Å². The number of likely N-dealkylation sites (tertiary alicyclic amines) is 1. The van der Waals surface area contributed by atoms with E-state index in [0.717, 1.165) is 12.1 Å². The van der Waals surface area contributed by atoms with Crippen LogP contribution in [0.1, 0.15) is 42.3 Å². The molecule has 0 aliphatic carbocycles. The summed E-state index contributed by atoms with van der Waals surface area (Å²) in [5.41, 5.74) is -4.55. The van der Waals surface area contributed by atoms with Crippen molar-refractivity contribution in [2.24, 2.45) is 0 Å². The second kappa shape index (κ2) is 9.43. The standard InChI is InChI=1S/C24H20Cl2F5NO3/c1-22(2,3)35-21(34)32-11-23(28,12-32)15-6-4-13(5-7-15)19(33)10-16(24(29,30)31)14-8-17(25)20(27)18(26)9-14/h4-10H,11-12H2,1-3H3/b16-10-. The van der Waals surface area contributed by atoms with Crippen molar-refractivity contribution >= 4 is 40.7 Å².